The van der Waals surface area contributed by atoms with E-state index in [-0.39, 0.29) is 11.4 Å². The van der Waals surface area contributed by atoms with Crippen molar-refractivity contribution < 1.29 is 9.13 Å². The zero-order valence-electron chi connectivity index (χ0n) is 11.0. The third-order valence-corrected chi connectivity index (χ3v) is 2.85. The standard InChI is InChI=1S/C15H16FN3O/c16-12-3-4-14(13(10-12)15(17)18)20-9-1-2-11-5-7-19-8-6-11/h3-8,10H,1-2,9H2,(H3,17,18). The van der Waals surface area contributed by atoms with E-state index in [1.807, 2.05) is 12.1 Å². The van der Waals surface area contributed by atoms with Gasteiger partial charge in [-0.15, -0.1) is 0 Å². The summed E-state index contributed by atoms with van der Waals surface area (Å²) in [6, 6.07) is 7.92. The van der Waals surface area contributed by atoms with Crippen LogP contribution in [-0.2, 0) is 6.42 Å². The lowest BCUT2D eigenvalue weighted by Crippen LogP contribution is -2.14. The molecule has 1 heterocycles. The Morgan fingerprint density at radius 3 is 2.70 bits per heavy atom. The minimum Gasteiger partial charge on any atom is -0.493 e. The van der Waals surface area contributed by atoms with E-state index in [2.05, 4.69) is 4.98 Å². The van der Waals surface area contributed by atoms with E-state index >= 15 is 0 Å². The quantitative estimate of drug-likeness (QED) is 0.482. The highest BCUT2D eigenvalue weighted by Crippen LogP contribution is 2.19. The number of hydrogen-bond acceptors (Lipinski definition) is 3. The Kier molecular flexibility index (Phi) is 4.65. The summed E-state index contributed by atoms with van der Waals surface area (Å²) >= 11 is 0. The SMILES string of the molecule is N=C(N)c1cc(F)ccc1OCCCc1ccncc1. The molecule has 1 aromatic heterocycles. The van der Waals surface area contributed by atoms with Gasteiger partial charge in [-0.2, -0.15) is 0 Å². The summed E-state index contributed by atoms with van der Waals surface area (Å²) in [4.78, 5) is 3.96. The molecule has 0 atom stereocenters. The number of nitrogens with zero attached hydrogens (tertiary/aromatic N) is 1. The van der Waals surface area contributed by atoms with Crippen LogP contribution in [0.4, 0.5) is 4.39 Å². The van der Waals surface area contributed by atoms with Gasteiger partial charge >= 0.3 is 0 Å². The first-order chi connectivity index (χ1) is 9.66. The molecule has 2 rings (SSSR count). The largest absolute Gasteiger partial charge is 0.493 e. The normalized spacial score (nSPS) is 10.2. The number of halogens is 1. The third-order valence-electron chi connectivity index (χ3n) is 2.85. The van der Waals surface area contributed by atoms with Crippen LogP contribution in [0.15, 0.2) is 42.7 Å². The van der Waals surface area contributed by atoms with Gasteiger partial charge in [0, 0.05) is 12.4 Å². The molecule has 20 heavy (non-hydrogen) atoms. The predicted molar refractivity (Wildman–Crippen MR) is 75.5 cm³/mol. The van der Waals surface area contributed by atoms with Crippen molar-refractivity contribution in [2.75, 3.05) is 6.61 Å². The van der Waals surface area contributed by atoms with Gasteiger partial charge in [-0.3, -0.25) is 10.4 Å². The Bertz CT molecular complexity index is 587. The highest BCUT2D eigenvalue weighted by molar-refractivity contribution is 5.97. The van der Waals surface area contributed by atoms with Crippen LogP contribution in [-0.4, -0.2) is 17.4 Å². The average molecular weight is 273 g/mol. The zero-order valence-corrected chi connectivity index (χ0v) is 11.0. The van der Waals surface area contributed by atoms with E-state index in [1.165, 1.54) is 23.8 Å². The molecule has 5 heteroatoms. The minimum atomic E-state index is -0.431. The van der Waals surface area contributed by atoms with Gasteiger partial charge in [0.2, 0.25) is 0 Å². The van der Waals surface area contributed by atoms with Crippen molar-refractivity contribution in [2.45, 2.75) is 12.8 Å². The van der Waals surface area contributed by atoms with Gasteiger partial charge in [0.15, 0.2) is 0 Å². The number of ether oxygens (including phenoxy) is 1. The second-order valence-electron chi connectivity index (χ2n) is 4.36. The summed E-state index contributed by atoms with van der Waals surface area (Å²) in [6.07, 6.45) is 5.20. The van der Waals surface area contributed by atoms with Gasteiger partial charge in [-0.25, -0.2) is 4.39 Å². The van der Waals surface area contributed by atoms with Gasteiger partial charge in [0.05, 0.1) is 12.2 Å². The summed E-state index contributed by atoms with van der Waals surface area (Å²) in [6.45, 7) is 0.480. The van der Waals surface area contributed by atoms with Gasteiger partial charge in [-0.05, 0) is 48.7 Å². The fourth-order valence-corrected chi connectivity index (χ4v) is 1.85. The molecule has 0 amide bonds. The lowest BCUT2D eigenvalue weighted by molar-refractivity contribution is 0.310. The second-order valence-corrected chi connectivity index (χ2v) is 4.36. The van der Waals surface area contributed by atoms with E-state index in [0.29, 0.717) is 12.4 Å². The molecule has 0 unspecified atom stereocenters. The van der Waals surface area contributed by atoms with Gasteiger partial charge in [0.1, 0.15) is 17.4 Å². The Balaban J connectivity index is 1.90. The topological polar surface area (TPSA) is 72.0 Å². The second kappa shape index (κ2) is 6.65. The van der Waals surface area contributed by atoms with E-state index in [0.717, 1.165) is 12.8 Å². The summed E-state index contributed by atoms with van der Waals surface area (Å²) in [5.41, 5.74) is 6.88. The lowest BCUT2D eigenvalue weighted by atomic mass is 10.1. The van der Waals surface area contributed by atoms with Crippen LogP contribution in [0.1, 0.15) is 17.5 Å². The van der Waals surface area contributed by atoms with Gasteiger partial charge in [-0.1, -0.05) is 0 Å². The van der Waals surface area contributed by atoms with Crippen LogP contribution in [0.3, 0.4) is 0 Å². The van der Waals surface area contributed by atoms with E-state index in [1.54, 1.807) is 12.4 Å². The monoisotopic (exact) mass is 273 g/mol. The smallest absolute Gasteiger partial charge is 0.130 e. The Hall–Kier alpha value is -2.43. The minimum absolute atomic E-state index is 0.200. The predicted octanol–water partition coefficient (Wildman–Crippen LogP) is 2.52. The zero-order chi connectivity index (χ0) is 14.4. The lowest BCUT2D eigenvalue weighted by Gasteiger charge is -2.10. The fraction of sp³-hybridized carbons (Fsp3) is 0.200. The highest BCUT2D eigenvalue weighted by atomic mass is 19.1. The number of rotatable bonds is 6. The molecule has 0 aliphatic rings. The van der Waals surface area contributed by atoms with E-state index < -0.39 is 5.82 Å². The third kappa shape index (κ3) is 3.78. The molecule has 2 aromatic rings. The molecule has 0 saturated heterocycles. The molecule has 0 spiro atoms. The maximum Gasteiger partial charge on any atom is 0.130 e. The fourth-order valence-electron chi connectivity index (χ4n) is 1.85. The number of nitrogen functional groups attached to an aromatic ring is 1. The van der Waals surface area contributed by atoms with Gasteiger partial charge < -0.3 is 10.5 Å². The number of nitrogens with two attached hydrogens (primary N) is 1. The number of hydrogen-bond donors (Lipinski definition) is 2. The van der Waals surface area contributed by atoms with Crippen LogP contribution in [0.25, 0.3) is 0 Å². The van der Waals surface area contributed by atoms with E-state index in [9.17, 15) is 4.39 Å². The van der Waals surface area contributed by atoms with Crippen molar-refractivity contribution in [3.05, 3.63) is 59.7 Å². The Morgan fingerprint density at radius 1 is 1.25 bits per heavy atom. The highest BCUT2D eigenvalue weighted by Gasteiger charge is 2.08. The van der Waals surface area contributed by atoms with Crippen molar-refractivity contribution >= 4 is 5.84 Å². The summed E-state index contributed by atoms with van der Waals surface area (Å²) in [7, 11) is 0. The number of amidine groups is 1. The first kappa shape index (κ1) is 14.0. The average Bonchev–Trinajstić information content (AvgIpc) is 2.45. The Labute approximate surface area is 116 Å². The number of benzene rings is 1. The Morgan fingerprint density at radius 2 is 2.00 bits per heavy atom. The molecule has 0 aliphatic heterocycles. The van der Waals surface area contributed by atoms with Crippen molar-refractivity contribution in [1.29, 1.82) is 5.41 Å². The van der Waals surface area contributed by atoms with Crippen molar-refractivity contribution in [3.63, 3.8) is 0 Å². The van der Waals surface area contributed by atoms with Crippen molar-refractivity contribution in [3.8, 4) is 5.75 Å². The van der Waals surface area contributed by atoms with Crippen LogP contribution in [0.2, 0.25) is 0 Å². The number of nitrogens with one attached hydrogen (secondary N) is 1. The summed E-state index contributed by atoms with van der Waals surface area (Å²) < 4.78 is 18.7. The number of pyridine rings is 1. The van der Waals surface area contributed by atoms with Crippen LogP contribution in [0, 0.1) is 11.2 Å². The maximum absolute atomic E-state index is 13.1. The molecule has 0 saturated carbocycles. The summed E-state index contributed by atoms with van der Waals surface area (Å²) in [5, 5.41) is 7.41. The van der Waals surface area contributed by atoms with Crippen LogP contribution >= 0.6 is 0 Å². The van der Waals surface area contributed by atoms with Crippen LogP contribution in [0.5, 0.6) is 5.75 Å². The molecular weight excluding hydrogens is 257 g/mol. The molecule has 4 nitrogen and oxygen atoms in total. The molecule has 3 N–H and O–H groups in total. The van der Waals surface area contributed by atoms with Gasteiger partial charge in [0.25, 0.3) is 0 Å². The molecule has 0 radical (unpaired) electrons. The first-order valence-electron chi connectivity index (χ1n) is 6.32. The summed E-state index contributed by atoms with van der Waals surface area (Å²) in [5.74, 6) is -0.193. The van der Waals surface area contributed by atoms with Crippen LogP contribution < -0.4 is 10.5 Å². The molecule has 0 fully saturated rings. The molecule has 0 aliphatic carbocycles. The number of aromatic nitrogens is 1. The molecular formula is C15H16FN3O. The number of aryl methyl sites for hydroxylation is 1. The first-order valence-corrected chi connectivity index (χ1v) is 6.32. The van der Waals surface area contributed by atoms with Crippen molar-refractivity contribution in [1.82, 2.24) is 4.98 Å². The maximum atomic E-state index is 13.1. The van der Waals surface area contributed by atoms with E-state index in [4.69, 9.17) is 15.9 Å². The molecule has 1 aromatic carbocycles. The van der Waals surface area contributed by atoms with Crippen molar-refractivity contribution in [2.24, 2.45) is 5.73 Å². The molecule has 0 bridgehead atoms. The molecule has 104 valence electrons.